The summed E-state index contributed by atoms with van der Waals surface area (Å²) in [5.74, 6) is 0. The fourth-order valence-electron chi connectivity index (χ4n) is 0.722. The van der Waals surface area contributed by atoms with Crippen molar-refractivity contribution in [3.8, 4) is 0 Å². The van der Waals surface area contributed by atoms with Crippen LogP contribution in [0.2, 0.25) is 0 Å². The molecule has 0 amide bonds. The van der Waals surface area contributed by atoms with Crippen LogP contribution in [0.4, 0.5) is 0 Å². The fraction of sp³-hybridized carbons (Fsp3) is 0.571. The van der Waals surface area contributed by atoms with Crippen molar-refractivity contribution in [2.24, 2.45) is 0 Å². The Morgan fingerprint density at radius 2 is 2.56 bits per heavy atom. The first-order valence-corrected chi connectivity index (χ1v) is 5.53. The Kier molecular flexibility index (Phi) is 3.32. The van der Waals surface area contributed by atoms with Gasteiger partial charge in [-0.25, -0.2) is 0 Å². The summed E-state index contributed by atoms with van der Waals surface area (Å²) in [5, 5.41) is 0. The normalized spacial score (nSPS) is 9.89. The Morgan fingerprint density at radius 3 is 3.11 bits per heavy atom. The van der Waals surface area contributed by atoms with Crippen LogP contribution in [0.1, 0.15) is 23.3 Å². The van der Waals surface area contributed by atoms with Crippen molar-refractivity contribution in [1.82, 2.24) is 3.21 Å². The first-order chi connectivity index (χ1) is 4.43. The first kappa shape index (κ1) is 7.31. The van der Waals surface area contributed by atoms with E-state index < -0.39 is 0 Å². The van der Waals surface area contributed by atoms with E-state index in [1.807, 2.05) is 6.20 Å². The molecule has 1 aromatic rings. The van der Waals surface area contributed by atoms with Crippen LogP contribution in [-0.2, 0) is 6.42 Å². The van der Waals surface area contributed by atoms with Crippen LogP contribution >= 0.6 is 0 Å². The van der Waals surface area contributed by atoms with Crippen LogP contribution in [0.5, 0.6) is 0 Å². The number of nitrogens with zero attached hydrogens (tertiary/aromatic N) is 1. The van der Waals surface area contributed by atoms with Gasteiger partial charge in [0.2, 0.25) is 0 Å². The van der Waals surface area contributed by atoms with E-state index in [4.69, 9.17) is 0 Å². The Hall–Kier alpha value is 0.200. The Morgan fingerprint density at radius 1 is 1.67 bits per heavy atom. The first-order valence-electron chi connectivity index (χ1n) is 3.33. The van der Waals surface area contributed by atoms with Gasteiger partial charge in [-0.2, -0.15) is 0 Å². The quantitative estimate of drug-likeness (QED) is 0.725. The summed E-state index contributed by atoms with van der Waals surface area (Å²) in [7, 11) is 0. The standard InChI is InChI=1S/C7H11NTe/c1-2-3-4-7-5-6-8-9-7/h5-6H,2-4H2,1H3. The molecular formula is C7H11NTe. The summed E-state index contributed by atoms with van der Waals surface area (Å²) in [6, 6.07) is 2.19. The topological polar surface area (TPSA) is 12.9 Å². The van der Waals surface area contributed by atoms with Crippen molar-refractivity contribution in [3.63, 3.8) is 0 Å². The van der Waals surface area contributed by atoms with Gasteiger partial charge >= 0.3 is 66.0 Å². The molecule has 0 N–H and O–H groups in total. The molecule has 0 aliphatic rings. The van der Waals surface area contributed by atoms with Crippen LogP contribution in [0.3, 0.4) is 0 Å². The zero-order valence-corrected chi connectivity index (χ0v) is 7.96. The molecule has 0 saturated carbocycles. The summed E-state index contributed by atoms with van der Waals surface area (Å²) >= 11 is -0.0627. The second-order valence-corrected chi connectivity index (χ2v) is 4.70. The van der Waals surface area contributed by atoms with Gasteiger partial charge in [0.1, 0.15) is 0 Å². The molecule has 1 heterocycles. The molecule has 1 nitrogen and oxygen atoms in total. The molecule has 0 aliphatic heterocycles. The number of hydrogen-bond donors (Lipinski definition) is 0. The van der Waals surface area contributed by atoms with E-state index in [0.29, 0.717) is 0 Å². The third-order valence-corrected chi connectivity index (χ3v) is 3.56. The SMILES string of the molecule is CCCCc1ccn[te]1. The monoisotopic (exact) mass is 239 g/mol. The van der Waals surface area contributed by atoms with Gasteiger partial charge in [0, 0.05) is 0 Å². The van der Waals surface area contributed by atoms with Crippen molar-refractivity contribution < 1.29 is 0 Å². The molecule has 2 heteroatoms. The predicted molar refractivity (Wildman–Crippen MR) is 39.8 cm³/mol. The maximum atomic E-state index is 4.23. The van der Waals surface area contributed by atoms with E-state index in [-0.39, 0.29) is 20.7 Å². The van der Waals surface area contributed by atoms with E-state index in [1.165, 1.54) is 19.3 Å². The number of rotatable bonds is 3. The van der Waals surface area contributed by atoms with Crippen molar-refractivity contribution >= 4 is 20.7 Å². The Bertz CT molecular complexity index is 146. The van der Waals surface area contributed by atoms with E-state index in [1.54, 1.807) is 3.58 Å². The predicted octanol–water partition coefficient (Wildman–Crippen LogP) is 1.48. The summed E-state index contributed by atoms with van der Waals surface area (Å²) in [5.41, 5.74) is 0. The molecule has 0 aliphatic carbocycles. The minimum absolute atomic E-state index is 0.0627. The minimum atomic E-state index is -0.0627. The fourth-order valence-corrected chi connectivity index (χ4v) is 2.48. The van der Waals surface area contributed by atoms with Crippen molar-refractivity contribution in [3.05, 3.63) is 15.8 Å². The molecule has 0 bridgehead atoms. The Balaban J connectivity index is 2.30. The summed E-state index contributed by atoms with van der Waals surface area (Å²) in [6.07, 6.45) is 5.93. The van der Waals surface area contributed by atoms with Gasteiger partial charge in [-0.3, -0.25) is 0 Å². The van der Waals surface area contributed by atoms with Gasteiger partial charge < -0.3 is 0 Å². The molecule has 1 rings (SSSR count). The molecule has 0 atom stereocenters. The molecule has 0 saturated heterocycles. The number of aromatic nitrogens is 1. The number of unbranched alkanes of at least 4 members (excludes halogenated alkanes) is 1. The van der Waals surface area contributed by atoms with Crippen molar-refractivity contribution in [2.75, 3.05) is 0 Å². The van der Waals surface area contributed by atoms with Crippen LogP contribution in [0.25, 0.3) is 0 Å². The van der Waals surface area contributed by atoms with Crippen LogP contribution < -0.4 is 0 Å². The van der Waals surface area contributed by atoms with E-state index in [0.717, 1.165) is 0 Å². The molecule has 0 radical (unpaired) electrons. The van der Waals surface area contributed by atoms with Gasteiger partial charge in [0.05, 0.1) is 0 Å². The molecule has 0 unspecified atom stereocenters. The van der Waals surface area contributed by atoms with E-state index in [2.05, 4.69) is 16.2 Å². The average Bonchev–Trinajstić information content (AvgIpc) is 2.34. The van der Waals surface area contributed by atoms with Crippen molar-refractivity contribution in [1.29, 1.82) is 0 Å². The van der Waals surface area contributed by atoms with Gasteiger partial charge in [-0.1, -0.05) is 0 Å². The summed E-state index contributed by atoms with van der Waals surface area (Å²) in [6.45, 7) is 2.23. The molecule has 1 aromatic heterocycles. The molecule has 0 fully saturated rings. The zero-order valence-electron chi connectivity index (χ0n) is 5.63. The second kappa shape index (κ2) is 4.09. The molecule has 0 aromatic carbocycles. The second-order valence-electron chi connectivity index (χ2n) is 2.08. The third kappa shape index (κ3) is 2.51. The maximum absolute atomic E-state index is 4.23. The van der Waals surface area contributed by atoms with Gasteiger partial charge in [0.25, 0.3) is 0 Å². The number of aryl methyl sites for hydroxylation is 1. The van der Waals surface area contributed by atoms with E-state index in [9.17, 15) is 0 Å². The average molecular weight is 237 g/mol. The van der Waals surface area contributed by atoms with Crippen LogP contribution in [0, 0.1) is 0 Å². The third-order valence-electron chi connectivity index (χ3n) is 1.27. The molecule has 0 spiro atoms. The Labute approximate surface area is 66.1 Å². The van der Waals surface area contributed by atoms with Crippen LogP contribution in [-0.4, -0.2) is 23.9 Å². The van der Waals surface area contributed by atoms with E-state index >= 15 is 0 Å². The van der Waals surface area contributed by atoms with Gasteiger partial charge in [-0.15, -0.1) is 0 Å². The molecular weight excluding hydrogens is 226 g/mol. The molecule has 50 valence electrons. The summed E-state index contributed by atoms with van der Waals surface area (Å²) < 4.78 is 5.86. The number of hydrogen-bond acceptors (Lipinski definition) is 1. The molecule has 9 heavy (non-hydrogen) atoms. The van der Waals surface area contributed by atoms with Gasteiger partial charge in [0.15, 0.2) is 0 Å². The zero-order chi connectivity index (χ0) is 6.53. The summed E-state index contributed by atoms with van der Waals surface area (Å²) in [4.78, 5) is 0. The van der Waals surface area contributed by atoms with Crippen molar-refractivity contribution in [2.45, 2.75) is 26.2 Å². The van der Waals surface area contributed by atoms with Crippen LogP contribution in [0.15, 0.2) is 12.3 Å². The van der Waals surface area contributed by atoms with Gasteiger partial charge in [-0.05, 0) is 0 Å².